The molecule has 1 rings (SSSR count). The Morgan fingerprint density at radius 3 is 2.59 bits per heavy atom. The highest BCUT2D eigenvalue weighted by atomic mass is 32.2. The van der Waals surface area contributed by atoms with Crippen molar-refractivity contribution in [3.8, 4) is 0 Å². The van der Waals surface area contributed by atoms with Gasteiger partial charge in [-0.3, -0.25) is 9.48 Å². The molecule has 0 spiro atoms. The van der Waals surface area contributed by atoms with Gasteiger partial charge in [-0.1, -0.05) is 0 Å². The summed E-state index contributed by atoms with van der Waals surface area (Å²) >= 11 is 0. The third-order valence-electron chi connectivity index (χ3n) is 2.31. The van der Waals surface area contributed by atoms with E-state index in [0.717, 1.165) is 6.26 Å². The van der Waals surface area contributed by atoms with Gasteiger partial charge in [0.05, 0.1) is 17.6 Å². The van der Waals surface area contributed by atoms with Crippen LogP contribution in [0.5, 0.6) is 0 Å². The van der Waals surface area contributed by atoms with Crippen LogP contribution in [0.2, 0.25) is 0 Å². The fourth-order valence-electron chi connectivity index (χ4n) is 1.30. The Labute approximate surface area is 100 Å². The van der Waals surface area contributed by atoms with Crippen LogP contribution in [0.1, 0.15) is 10.5 Å². The van der Waals surface area contributed by atoms with Gasteiger partial charge in [-0.25, -0.2) is 8.42 Å². The largest absolute Gasteiger partial charge is 0.396 e. The summed E-state index contributed by atoms with van der Waals surface area (Å²) in [6.07, 6.45) is 2.52. The lowest BCUT2D eigenvalue weighted by molar-refractivity contribution is 0.0793. The van der Waals surface area contributed by atoms with E-state index in [2.05, 4.69) is 5.10 Å². The standard InChI is InChI=1S/C9H16N4O3S/c1-12(4-5-17(3,15)16)9(14)8-7(10)6-11-13(8)2/h6H,4-5,10H2,1-3H3. The smallest absolute Gasteiger partial charge is 0.274 e. The molecule has 7 nitrogen and oxygen atoms in total. The Morgan fingerprint density at radius 2 is 2.18 bits per heavy atom. The highest BCUT2D eigenvalue weighted by Crippen LogP contribution is 2.11. The lowest BCUT2D eigenvalue weighted by atomic mass is 10.3. The van der Waals surface area contributed by atoms with Crippen LogP contribution in [-0.2, 0) is 16.9 Å². The van der Waals surface area contributed by atoms with Gasteiger partial charge >= 0.3 is 0 Å². The first-order valence-electron chi connectivity index (χ1n) is 4.93. The van der Waals surface area contributed by atoms with Crippen LogP contribution in [0.3, 0.4) is 0 Å². The van der Waals surface area contributed by atoms with Crippen molar-refractivity contribution in [3.63, 3.8) is 0 Å². The minimum Gasteiger partial charge on any atom is -0.396 e. The van der Waals surface area contributed by atoms with E-state index >= 15 is 0 Å². The lowest BCUT2D eigenvalue weighted by Crippen LogP contribution is -2.33. The molecule has 0 aromatic carbocycles. The first-order chi connectivity index (χ1) is 7.72. The summed E-state index contributed by atoms with van der Waals surface area (Å²) in [6, 6.07) is 0. The second-order valence-electron chi connectivity index (χ2n) is 3.93. The molecule has 1 amide bonds. The maximum Gasteiger partial charge on any atom is 0.274 e. The molecule has 0 aliphatic heterocycles. The summed E-state index contributed by atoms with van der Waals surface area (Å²) in [5.41, 5.74) is 6.16. The van der Waals surface area contributed by atoms with Crippen LogP contribution in [-0.4, -0.2) is 54.6 Å². The van der Waals surface area contributed by atoms with Crippen LogP contribution in [0.25, 0.3) is 0 Å². The molecule has 0 saturated carbocycles. The Morgan fingerprint density at radius 1 is 1.59 bits per heavy atom. The molecular formula is C9H16N4O3S. The maximum absolute atomic E-state index is 12.0. The Bertz CT molecular complexity index is 501. The average molecular weight is 260 g/mol. The van der Waals surface area contributed by atoms with Gasteiger partial charge in [0, 0.05) is 26.9 Å². The van der Waals surface area contributed by atoms with Crippen molar-refractivity contribution in [1.29, 1.82) is 0 Å². The minimum absolute atomic E-state index is 0.0764. The van der Waals surface area contributed by atoms with E-state index in [0.29, 0.717) is 0 Å². The van der Waals surface area contributed by atoms with E-state index in [-0.39, 0.29) is 29.6 Å². The highest BCUT2D eigenvalue weighted by molar-refractivity contribution is 7.90. The fraction of sp³-hybridized carbons (Fsp3) is 0.556. The zero-order valence-electron chi connectivity index (χ0n) is 10.0. The number of aromatic nitrogens is 2. The number of hydrogen-bond acceptors (Lipinski definition) is 5. The van der Waals surface area contributed by atoms with E-state index < -0.39 is 9.84 Å². The van der Waals surface area contributed by atoms with Gasteiger partial charge in [0.1, 0.15) is 15.5 Å². The molecular weight excluding hydrogens is 244 g/mol. The fourth-order valence-corrected chi connectivity index (χ4v) is 1.91. The first-order valence-corrected chi connectivity index (χ1v) is 6.99. The van der Waals surface area contributed by atoms with E-state index in [4.69, 9.17) is 5.73 Å². The first kappa shape index (κ1) is 13.5. The van der Waals surface area contributed by atoms with Gasteiger partial charge in [-0.2, -0.15) is 5.10 Å². The van der Waals surface area contributed by atoms with Crippen molar-refractivity contribution in [3.05, 3.63) is 11.9 Å². The number of carbonyl (C=O) groups excluding carboxylic acids is 1. The number of amides is 1. The van der Waals surface area contributed by atoms with Crippen LogP contribution < -0.4 is 5.73 Å². The number of nitrogens with zero attached hydrogens (tertiary/aromatic N) is 3. The molecule has 17 heavy (non-hydrogen) atoms. The summed E-state index contributed by atoms with van der Waals surface area (Å²) < 4.78 is 23.4. The summed E-state index contributed by atoms with van der Waals surface area (Å²) in [5, 5.41) is 3.85. The van der Waals surface area contributed by atoms with Crippen LogP contribution in [0, 0.1) is 0 Å². The van der Waals surface area contributed by atoms with Crippen molar-refractivity contribution in [2.75, 3.05) is 31.3 Å². The predicted octanol–water partition coefficient (Wildman–Crippen LogP) is -0.881. The van der Waals surface area contributed by atoms with E-state index in [1.54, 1.807) is 7.05 Å². The van der Waals surface area contributed by atoms with E-state index in [9.17, 15) is 13.2 Å². The molecule has 0 aliphatic rings. The quantitative estimate of drug-likeness (QED) is 0.758. The van der Waals surface area contributed by atoms with Crippen molar-refractivity contribution in [2.45, 2.75) is 0 Å². The molecule has 0 bridgehead atoms. The number of nitrogens with two attached hydrogens (primary N) is 1. The molecule has 96 valence electrons. The topological polar surface area (TPSA) is 98.3 Å². The Kier molecular flexibility index (Phi) is 3.76. The van der Waals surface area contributed by atoms with Gasteiger partial charge in [0.15, 0.2) is 0 Å². The molecule has 0 aliphatic carbocycles. The number of anilines is 1. The lowest BCUT2D eigenvalue weighted by Gasteiger charge is -2.16. The van der Waals surface area contributed by atoms with Crippen LogP contribution in [0.4, 0.5) is 5.69 Å². The summed E-state index contributed by atoms with van der Waals surface area (Å²) in [7, 11) is 0.0436. The van der Waals surface area contributed by atoms with Gasteiger partial charge in [-0.05, 0) is 0 Å². The van der Waals surface area contributed by atoms with E-state index in [1.165, 1.54) is 22.8 Å². The molecule has 1 aromatic rings. The number of nitrogen functional groups attached to an aromatic ring is 1. The summed E-state index contributed by atoms with van der Waals surface area (Å²) in [4.78, 5) is 13.3. The minimum atomic E-state index is -3.09. The zero-order valence-corrected chi connectivity index (χ0v) is 10.9. The number of rotatable bonds is 4. The molecule has 0 saturated heterocycles. The predicted molar refractivity (Wildman–Crippen MR) is 64.3 cm³/mol. The van der Waals surface area contributed by atoms with Crippen LogP contribution in [0.15, 0.2) is 6.20 Å². The van der Waals surface area contributed by atoms with Gasteiger partial charge in [0.2, 0.25) is 0 Å². The second-order valence-corrected chi connectivity index (χ2v) is 6.19. The molecule has 1 heterocycles. The third-order valence-corrected chi connectivity index (χ3v) is 3.24. The Balaban J connectivity index is 2.78. The van der Waals surface area contributed by atoms with Crippen molar-refractivity contribution >= 4 is 21.4 Å². The number of sulfone groups is 1. The van der Waals surface area contributed by atoms with Crippen molar-refractivity contribution in [2.24, 2.45) is 7.05 Å². The van der Waals surface area contributed by atoms with Crippen molar-refractivity contribution in [1.82, 2.24) is 14.7 Å². The summed E-state index contributed by atoms with van der Waals surface area (Å²) in [5.74, 6) is -0.418. The average Bonchev–Trinajstić information content (AvgIpc) is 2.53. The maximum atomic E-state index is 12.0. The number of carbonyl (C=O) groups is 1. The molecule has 8 heteroatoms. The normalized spacial score (nSPS) is 11.5. The number of hydrogen-bond donors (Lipinski definition) is 1. The number of aryl methyl sites for hydroxylation is 1. The SMILES string of the molecule is CN(CCS(C)(=O)=O)C(=O)c1c(N)cnn1C. The molecule has 0 unspecified atom stereocenters. The second kappa shape index (κ2) is 4.74. The molecule has 0 atom stereocenters. The zero-order chi connectivity index (χ0) is 13.2. The monoisotopic (exact) mass is 260 g/mol. The molecule has 1 aromatic heterocycles. The van der Waals surface area contributed by atoms with Gasteiger partial charge < -0.3 is 10.6 Å². The molecule has 2 N–H and O–H groups in total. The third kappa shape index (κ3) is 3.45. The Hall–Kier alpha value is -1.57. The van der Waals surface area contributed by atoms with Gasteiger partial charge in [-0.15, -0.1) is 0 Å². The van der Waals surface area contributed by atoms with Crippen molar-refractivity contribution < 1.29 is 13.2 Å². The van der Waals surface area contributed by atoms with E-state index in [1.807, 2.05) is 0 Å². The summed E-state index contributed by atoms with van der Waals surface area (Å²) in [6.45, 7) is 0.127. The molecule has 0 radical (unpaired) electrons. The van der Waals surface area contributed by atoms with Gasteiger partial charge in [0.25, 0.3) is 5.91 Å². The highest BCUT2D eigenvalue weighted by Gasteiger charge is 2.19. The molecule has 0 fully saturated rings. The van der Waals surface area contributed by atoms with Crippen LogP contribution >= 0.6 is 0 Å².